The first-order chi connectivity index (χ1) is 12.1. The number of alkyl carbamates (subject to hydrolysis) is 1. The number of fused-ring (bicyclic) bond motifs is 2. The van der Waals surface area contributed by atoms with Gasteiger partial charge in [-0.2, -0.15) is 0 Å². The first-order valence-electron chi connectivity index (χ1n) is 9.88. The Kier molecular flexibility index (Phi) is 5.23. The third kappa shape index (κ3) is 4.31. The number of nitrogens with two attached hydrogens (primary N) is 1. The van der Waals surface area contributed by atoms with E-state index >= 15 is 0 Å². The molecule has 0 aromatic rings. The minimum Gasteiger partial charge on any atom is -0.444 e. The smallest absolute Gasteiger partial charge is 0.407 e. The van der Waals surface area contributed by atoms with Gasteiger partial charge in [-0.05, 0) is 52.9 Å². The highest BCUT2D eigenvalue weighted by molar-refractivity contribution is 5.84. The molecule has 3 rings (SSSR count). The molecule has 0 aromatic carbocycles. The summed E-state index contributed by atoms with van der Waals surface area (Å²) in [5.74, 6) is 0.328. The molecule has 7 heteroatoms. The second kappa shape index (κ2) is 7.00. The zero-order valence-corrected chi connectivity index (χ0v) is 16.5. The topological polar surface area (TPSA) is 87.9 Å². The molecule has 2 aliphatic carbocycles. The maximum atomic E-state index is 13.0. The molecule has 0 radical (unpaired) electrons. The molecule has 1 aliphatic heterocycles. The summed E-state index contributed by atoms with van der Waals surface area (Å²) in [5.41, 5.74) is 5.64. The summed E-state index contributed by atoms with van der Waals surface area (Å²) in [6.45, 7) is 10.1. The monoisotopic (exact) mass is 366 g/mol. The molecular formula is C19H34N4O3. The Bertz CT molecular complexity index is 541. The fourth-order valence-electron chi connectivity index (χ4n) is 4.68. The van der Waals surface area contributed by atoms with E-state index in [9.17, 15) is 9.59 Å². The molecule has 3 fully saturated rings. The summed E-state index contributed by atoms with van der Waals surface area (Å²) >= 11 is 0. The van der Waals surface area contributed by atoms with Gasteiger partial charge in [-0.3, -0.25) is 9.69 Å². The third-order valence-corrected chi connectivity index (χ3v) is 6.10. The largest absolute Gasteiger partial charge is 0.444 e. The van der Waals surface area contributed by atoms with Gasteiger partial charge in [0, 0.05) is 44.8 Å². The van der Waals surface area contributed by atoms with E-state index in [-0.39, 0.29) is 17.0 Å². The molecule has 3 aliphatic rings. The summed E-state index contributed by atoms with van der Waals surface area (Å²) in [7, 11) is 0. The lowest BCUT2D eigenvalue weighted by Gasteiger charge is -2.39. The summed E-state index contributed by atoms with van der Waals surface area (Å²) in [5, 5.41) is 2.79. The predicted octanol–water partition coefficient (Wildman–Crippen LogP) is 1.32. The van der Waals surface area contributed by atoms with Crippen molar-refractivity contribution >= 4 is 12.0 Å². The number of nitrogens with one attached hydrogen (secondary N) is 1. The van der Waals surface area contributed by atoms with Gasteiger partial charge >= 0.3 is 6.09 Å². The van der Waals surface area contributed by atoms with Gasteiger partial charge in [0.25, 0.3) is 0 Å². The van der Waals surface area contributed by atoms with Crippen molar-refractivity contribution in [2.45, 2.75) is 64.0 Å². The highest BCUT2D eigenvalue weighted by Crippen LogP contribution is 2.56. The number of ether oxygens (including phenoxy) is 1. The van der Waals surface area contributed by atoms with Gasteiger partial charge in [-0.1, -0.05) is 0 Å². The first kappa shape index (κ1) is 19.4. The van der Waals surface area contributed by atoms with Crippen molar-refractivity contribution in [2.24, 2.45) is 11.1 Å². The normalized spacial score (nSPS) is 31.9. The number of amides is 2. The maximum Gasteiger partial charge on any atom is 0.407 e. The van der Waals surface area contributed by atoms with Crippen LogP contribution in [0.2, 0.25) is 0 Å². The van der Waals surface area contributed by atoms with Gasteiger partial charge in [-0.25, -0.2) is 4.79 Å². The van der Waals surface area contributed by atoms with Gasteiger partial charge < -0.3 is 20.7 Å². The highest BCUT2D eigenvalue weighted by Gasteiger charge is 2.57. The van der Waals surface area contributed by atoms with Crippen LogP contribution in [0.1, 0.15) is 52.9 Å². The van der Waals surface area contributed by atoms with Crippen LogP contribution in [0.25, 0.3) is 0 Å². The average molecular weight is 367 g/mol. The van der Waals surface area contributed by atoms with Gasteiger partial charge in [0.1, 0.15) is 5.60 Å². The highest BCUT2D eigenvalue weighted by atomic mass is 16.6. The van der Waals surface area contributed by atoms with Gasteiger partial charge in [0.15, 0.2) is 0 Å². The van der Waals surface area contributed by atoms with Crippen LogP contribution >= 0.6 is 0 Å². The van der Waals surface area contributed by atoms with Crippen LogP contribution in [0.4, 0.5) is 4.79 Å². The second-order valence-corrected chi connectivity index (χ2v) is 9.38. The van der Waals surface area contributed by atoms with Crippen LogP contribution in [-0.2, 0) is 9.53 Å². The Morgan fingerprint density at radius 2 is 1.69 bits per heavy atom. The minimum absolute atomic E-state index is 0.0786. The Labute approximate surface area is 156 Å². The second-order valence-electron chi connectivity index (χ2n) is 9.38. The lowest BCUT2D eigenvalue weighted by atomic mass is 9.82. The summed E-state index contributed by atoms with van der Waals surface area (Å²) in [6, 6.07) is 0. The minimum atomic E-state index is -0.475. The van der Waals surface area contributed by atoms with Crippen LogP contribution in [0.5, 0.6) is 0 Å². The molecule has 0 spiro atoms. The zero-order chi connectivity index (χ0) is 19.0. The van der Waals surface area contributed by atoms with Crippen molar-refractivity contribution in [2.75, 3.05) is 39.3 Å². The summed E-state index contributed by atoms with van der Waals surface area (Å²) in [4.78, 5) is 29.0. The number of carbonyl (C=O) groups excluding carboxylic acids is 2. The van der Waals surface area contributed by atoms with Crippen LogP contribution in [0.15, 0.2) is 0 Å². The Morgan fingerprint density at radius 3 is 2.19 bits per heavy atom. The fourth-order valence-corrected chi connectivity index (χ4v) is 4.68. The van der Waals surface area contributed by atoms with E-state index in [4.69, 9.17) is 10.5 Å². The lowest BCUT2D eigenvalue weighted by Crippen LogP contribution is -2.53. The number of hydrogen-bond donors (Lipinski definition) is 2. The van der Waals surface area contributed by atoms with Crippen molar-refractivity contribution in [3.05, 3.63) is 0 Å². The molecule has 7 nitrogen and oxygen atoms in total. The van der Waals surface area contributed by atoms with Crippen molar-refractivity contribution < 1.29 is 14.3 Å². The maximum absolute atomic E-state index is 13.0. The Hall–Kier alpha value is -1.34. The van der Waals surface area contributed by atoms with Gasteiger partial charge in [-0.15, -0.1) is 0 Å². The van der Waals surface area contributed by atoms with Crippen LogP contribution < -0.4 is 11.1 Å². The van der Waals surface area contributed by atoms with Gasteiger partial charge in [0.2, 0.25) is 5.91 Å². The molecule has 3 N–H and O–H groups in total. The summed E-state index contributed by atoms with van der Waals surface area (Å²) < 4.78 is 5.24. The molecule has 0 unspecified atom stereocenters. The van der Waals surface area contributed by atoms with E-state index in [1.165, 1.54) is 0 Å². The lowest BCUT2D eigenvalue weighted by molar-refractivity contribution is -0.143. The predicted molar refractivity (Wildman–Crippen MR) is 99.7 cm³/mol. The van der Waals surface area contributed by atoms with E-state index in [2.05, 4.69) is 10.2 Å². The molecule has 1 saturated heterocycles. The molecule has 2 bridgehead atoms. The van der Waals surface area contributed by atoms with E-state index in [0.717, 1.165) is 64.8 Å². The van der Waals surface area contributed by atoms with E-state index in [1.54, 1.807) is 0 Å². The Balaban J connectivity index is 1.38. The molecule has 2 amide bonds. The molecule has 148 valence electrons. The molecular weight excluding hydrogens is 332 g/mol. The fraction of sp³-hybridized carbons (Fsp3) is 0.895. The van der Waals surface area contributed by atoms with E-state index in [0.29, 0.717) is 12.5 Å². The zero-order valence-electron chi connectivity index (χ0n) is 16.5. The number of piperazine rings is 1. The van der Waals surface area contributed by atoms with E-state index < -0.39 is 5.60 Å². The number of rotatable bonds is 4. The molecule has 26 heavy (non-hydrogen) atoms. The molecule has 0 aromatic heterocycles. The average Bonchev–Trinajstić information content (AvgIpc) is 3.08. The SMILES string of the molecule is CC(C)(C)OC(=O)NCCN1CCN(C(=O)C23CCC(N)(CC2)C3)CC1. The van der Waals surface area contributed by atoms with Gasteiger partial charge in [0.05, 0.1) is 5.41 Å². The Morgan fingerprint density at radius 1 is 1.08 bits per heavy atom. The van der Waals surface area contributed by atoms with Crippen molar-refractivity contribution in [1.82, 2.24) is 15.1 Å². The number of hydrogen-bond acceptors (Lipinski definition) is 5. The van der Waals surface area contributed by atoms with Crippen LogP contribution in [-0.4, -0.2) is 72.2 Å². The number of nitrogens with zero attached hydrogens (tertiary/aromatic N) is 2. The van der Waals surface area contributed by atoms with Crippen molar-refractivity contribution in [1.29, 1.82) is 0 Å². The summed E-state index contributed by atoms with van der Waals surface area (Å²) in [6.07, 6.45) is 4.41. The number of carbonyl (C=O) groups is 2. The van der Waals surface area contributed by atoms with Crippen molar-refractivity contribution in [3.63, 3.8) is 0 Å². The molecule has 1 heterocycles. The molecule has 0 atom stereocenters. The molecule has 2 saturated carbocycles. The quantitative estimate of drug-likeness (QED) is 0.783. The standard InChI is InChI=1S/C19H34N4O3/c1-17(2,3)26-16(25)21-8-9-22-10-12-23(13-11-22)15(24)18-4-6-19(20,14-18)7-5-18/h4-14,20H2,1-3H3,(H,21,25). The van der Waals surface area contributed by atoms with E-state index in [1.807, 2.05) is 25.7 Å². The van der Waals surface area contributed by atoms with Crippen LogP contribution in [0, 0.1) is 5.41 Å². The van der Waals surface area contributed by atoms with Crippen LogP contribution in [0.3, 0.4) is 0 Å². The first-order valence-corrected chi connectivity index (χ1v) is 9.88. The third-order valence-electron chi connectivity index (χ3n) is 6.10. The van der Waals surface area contributed by atoms with Crippen molar-refractivity contribution in [3.8, 4) is 0 Å².